The molecule has 1 aromatic carbocycles. The van der Waals surface area contributed by atoms with E-state index < -0.39 is 16.6 Å². The third kappa shape index (κ3) is 3.97. The summed E-state index contributed by atoms with van der Waals surface area (Å²) < 4.78 is 27.0. The maximum absolute atomic E-state index is 12.2. The lowest BCUT2D eigenvalue weighted by Crippen LogP contribution is -2.26. The molecule has 0 aliphatic rings. The van der Waals surface area contributed by atoms with Gasteiger partial charge in [0, 0.05) is 17.1 Å². The van der Waals surface area contributed by atoms with Gasteiger partial charge >= 0.3 is 0 Å². The van der Waals surface area contributed by atoms with Crippen molar-refractivity contribution in [3.8, 4) is 0 Å². The molecule has 2 aromatic rings. The molecular formula is C13H13Cl2NO3S2. The van der Waals surface area contributed by atoms with Crippen molar-refractivity contribution in [1.82, 2.24) is 4.72 Å². The fourth-order valence-electron chi connectivity index (χ4n) is 1.77. The van der Waals surface area contributed by atoms with E-state index in [1.54, 1.807) is 11.3 Å². The highest BCUT2D eigenvalue weighted by Gasteiger charge is 2.21. The molecule has 2 rings (SSSR count). The number of hydrogen-bond donors (Lipinski definition) is 2. The van der Waals surface area contributed by atoms with E-state index in [1.165, 1.54) is 12.1 Å². The van der Waals surface area contributed by atoms with Crippen LogP contribution in [0.5, 0.6) is 0 Å². The van der Waals surface area contributed by atoms with Gasteiger partial charge in [-0.3, -0.25) is 0 Å². The molecule has 0 aliphatic heterocycles. The zero-order chi connectivity index (χ0) is 15.5. The largest absolute Gasteiger partial charge is 0.392 e. The van der Waals surface area contributed by atoms with Crippen LogP contribution in [0.3, 0.4) is 0 Å². The summed E-state index contributed by atoms with van der Waals surface area (Å²) in [5.41, 5.74) is 1.28. The van der Waals surface area contributed by atoms with Crippen LogP contribution in [0.4, 0.5) is 0 Å². The molecule has 8 heteroatoms. The van der Waals surface area contributed by atoms with Crippen LogP contribution in [-0.4, -0.2) is 20.1 Å². The van der Waals surface area contributed by atoms with Gasteiger partial charge in [-0.25, -0.2) is 13.1 Å². The normalized spacial score (nSPS) is 11.8. The molecule has 1 aromatic heterocycles. The van der Waals surface area contributed by atoms with Crippen molar-refractivity contribution in [2.24, 2.45) is 0 Å². The Morgan fingerprint density at radius 2 is 2.00 bits per heavy atom. The molecule has 0 unspecified atom stereocenters. The summed E-state index contributed by atoms with van der Waals surface area (Å²) in [5.74, 6) is 0. The van der Waals surface area contributed by atoms with E-state index in [2.05, 4.69) is 4.72 Å². The van der Waals surface area contributed by atoms with Crippen LogP contribution in [0.25, 0.3) is 0 Å². The average molecular weight is 366 g/mol. The molecule has 2 N–H and O–H groups in total. The topological polar surface area (TPSA) is 66.4 Å². The lowest BCUT2D eigenvalue weighted by molar-refractivity contribution is 0.281. The van der Waals surface area contributed by atoms with Gasteiger partial charge in [-0.15, -0.1) is 0 Å². The van der Waals surface area contributed by atoms with Crippen molar-refractivity contribution in [1.29, 1.82) is 0 Å². The fourth-order valence-corrected chi connectivity index (χ4v) is 4.40. The second-order valence-corrected chi connectivity index (χ2v) is 7.58. The fraction of sp³-hybridized carbons (Fsp3) is 0.231. The second kappa shape index (κ2) is 7.09. The Balaban J connectivity index is 2.16. The minimum Gasteiger partial charge on any atom is -0.392 e. The van der Waals surface area contributed by atoms with Crippen molar-refractivity contribution in [3.63, 3.8) is 0 Å². The van der Waals surface area contributed by atoms with Gasteiger partial charge in [-0.1, -0.05) is 23.2 Å². The number of nitrogens with one attached hydrogen (secondary N) is 1. The Morgan fingerprint density at radius 1 is 1.24 bits per heavy atom. The van der Waals surface area contributed by atoms with E-state index in [0.29, 0.717) is 6.42 Å². The number of thiophene rings is 1. The van der Waals surface area contributed by atoms with Crippen molar-refractivity contribution >= 4 is 44.6 Å². The average Bonchev–Trinajstić information content (AvgIpc) is 2.92. The SMILES string of the molecule is O=S(=O)(NCCc1ccsc1)c1ccc(Cl)c(CO)c1Cl. The van der Waals surface area contributed by atoms with Crippen molar-refractivity contribution in [3.05, 3.63) is 50.1 Å². The predicted molar refractivity (Wildman–Crippen MR) is 85.6 cm³/mol. The Labute approximate surface area is 137 Å². The number of halogens is 2. The highest BCUT2D eigenvalue weighted by molar-refractivity contribution is 7.89. The highest BCUT2D eigenvalue weighted by Crippen LogP contribution is 2.30. The minimum absolute atomic E-state index is 0.0481. The Hall–Kier alpha value is -0.630. The summed E-state index contributed by atoms with van der Waals surface area (Å²) in [6.45, 7) is -0.150. The van der Waals surface area contributed by atoms with Crippen LogP contribution in [-0.2, 0) is 23.1 Å². The molecule has 0 saturated carbocycles. The van der Waals surface area contributed by atoms with Gasteiger partial charge in [-0.05, 0) is 40.9 Å². The summed E-state index contributed by atoms with van der Waals surface area (Å²) in [7, 11) is -3.74. The van der Waals surface area contributed by atoms with Gasteiger partial charge in [0.05, 0.1) is 11.6 Å². The minimum atomic E-state index is -3.74. The Kier molecular flexibility index (Phi) is 5.65. The van der Waals surface area contributed by atoms with Crippen molar-refractivity contribution < 1.29 is 13.5 Å². The second-order valence-electron chi connectivity index (χ2n) is 4.28. The van der Waals surface area contributed by atoms with Gasteiger partial charge in [-0.2, -0.15) is 11.3 Å². The molecule has 0 aliphatic carbocycles. The predicted octanol–water partition coefficient (Wildman–Crippen LogP) is 3.07. The van der Waals surface area contributed by atoms with E-state index in [4.69, 9.17) is 23.2 Å². The van der Waals surface area contributed by atoms with Crippen LogP contribution >= 0.6 is 34.5 Å². The highest BCUT2D eigenvalue weighted by atomic mass is 35.5. The van der Waals surface area contributed by atoms with Gasteiger partial charge < -0.3 is 5.11 Å². The number of aliphatic hydroxyl groups is 1. The first-order chi connectivity index (χ1) is 9.95. The van der Waals surface area contributed by atoms with E-state index in [0.717, 1.165) is 5.56 Å². The standard InChI is InChI=1S/C13H13Cl2NO3S2/c14-11-1-2-12(13(15)10(11)7-17)21(18,19)16-5-3-9-4-6-20-8-9/h1-2,4,6,8,16-17H,3,5,7H2. The number of rotatable bonds is 6. The lowest BCUT2D eigenvalue weighted by Gasteiger charge is -2.11. The molecular weight excluding hydrogens is 353 g/mol. The lowest BCUT2D eigenvalue weighted by atomic mass is 10.2. The van der Waals surface area contributed by atoms with Crippen LogP contribution in [0.15, 0.2) is 33.9 Å². The molecule has 0 fully saturated rings. The Bertz CT molecular complexity index is 715. The molecule has 0 atom stereocenters. The molecule has 0 saturated heterocycles. The zero-order valence-corrected chi connectivity index (χ0v) is 14.0. The zero-order valence-electron chi connectivity index (χ0n) is 10.8. The van der Waals surface area contributed by atoms with Crippen LogP contribution in [0, 0.1) is 0 Å². The maximum Gasteiger partial charge on any atom is 0.242 e. The molecule has 0 spiro atoms. The summed E-state index contributed by atoms with van der Waals surface area (Å²) in [6.07, 6.45) is 0.598. The molecule has 1 heterocycles. The van der Waals surface area contributed by atoms with Crippen LogP contribution in [0.1, 0.15) is 11.1 Å². The summed E-state index contributed by atoms with van der Waals surface area (Å²) in [6, 6.07) is 4.68. The van der Waals surface area contributed by atoms with E-state index >= 15 is 0 Å². The number of sulfonamides is 1. The molecule has 114 valence electrons. The van der Waals surface area contributed by atoms with Gasteiger partial charge in [0.15, 0.2) is 0 Å². The third-order valence-electron chi connectivity index (χ3n) is 2.88. The van der Waals surface area contributed by atoms with Gasteiger partial charge in [0.25, 0.3) is 0 Å². The van der Waals surface area contributed by atoms with E-state index in [9.17, 15) is 13.5 Å². The van der Waals surface area contributed by atoms with Crippen molar-refractivity contribution in [2.75, 3.05) is 6.54 Å². The number of aliphatic hydroxyl groups excluding tert-OH is 1. The summed E-state index contributed by atoms with van der Waals surface area (Å²) in [4.78, 5) is -0.0806. The maximum atomic E-state index is 12.2. The molecule has 21 heavy (non-hydrogen) atoms. The molecule has 0 radical (unpaired) electrons. The Morgan fingerprint density at radius 3 is 2.62 bits per heavy atom. The first-order valence-electron chi connectivity index (χ1n) is 6.04. The van der Waals surface area contributed by atoms with Crippen LogP contribution < -0.4 is 4.72 Å². The number of hydrogen-bond acceptors (Lipinski definition) is 4. The molecule has 0 amide bonds. The monoisotopic (exact) mass is 365 g/mol. The smallest absolute Gasteiger partial charge is 0.242 e. The van der Waals surface area contributed by atoms with Gasteiger partial charge in [0.2, 0.25) is 10.0 Å². The van der Waals surface area contributed by atoms with E-state index in [1.807, 2.05) is 16.8 Å². The molecule has 4 nitrogen and oxygen atoms in total. The van der Waals surface area contributed by atoms with Gasteiger partial charge in [0.1, 0.15) is 4.90 Å². The third-order valence-corrected chi connectivity index (χ3v) is 6.02. The number of benzene rings is 1. The van der Waals surface area contributed by atoms with E-state index in [-0.39, 0.29) is 27.0 Å². The first-order valence-corrected chi connectivity index (χ1v) is 9.22. The molecule has 0 bridgehead atoms. The van der Waals surface area contributed by atoms with Crippen molar-refractivity contribution in [2.45, 2.75) is 17.9 Å². The first kappa shape index (κ1) is 16.7. The summed E-state index contributed by atoms with van der Waals surface area (Å²) in [5, 5.41) is 13.3. The quantitative estimate of drug-likeness (QED) is 0.826. The summed E-state index contributed by atoms with van der Waals surface area (Å²) >= 11 is 13.4. The van der Waals surface area contributed by atoms with Crippen LogP contribution in [0.2, 0.25) is 10.0 Å².